The lowest BCUT2D eigenvalue weighted by molar-refractivity contribution is -0.144. The zero-order valence-electron chi connectivity index (χ0n) is 15.2. The second-order valence-electron chi connectivity index (χ2n) is 7.83. The van der Waals surface area contributed by atoms with Crippen molar-refractivity contribution >= 4 is 28.6 Å². The third kappa shape index (κ3) is 2.50. The Kier molecular flexibility index (Phi) is 3.65. The number of ether oxygens (including phenoxy) is 1. The minimum atomic E-state index is -0.519. The largest absolute Gasteiger partial charge is 0.431 e. The summed E-state index contributed by atoms with van der Waals surface area (Å²) in [6.45, 7) is 5.29. The molecule has 1 aliphatic heterocycles. The highest BCUT2D eigenvalue weighted by Crippen LogP contribution is 2.47. The van der Waals surface area contributed by atoms with E-state index in [0.29, 0.717) is 18.6 Å². The van der Waals surface area contributed by atoms with Gasteiger partial charge in [0.05, 0.1) is 11.9 Å². The number of hydrogen-bond acceptors (Lipinski definition) is 4. The molecule has 0 saturated heterocycles. The van der Waals surface area contributed by atoms with E-state index >= 15 is 0 Å². The molecule has 0 saturated carbocycles. The number of nitrogens with zero attached hydrogens (tertiary/aromatic N) is 1. The lowest BCUT2D eigenvalue weighted by Gasteiger charge is -2.36. The maximum absolute atomic E-state index is 12.6. The first-order chi connectivity index (χ1) is 12.3. The maximum atomic E-state index is 12.6. The minimum absolute atomic E-state index is 0.0825. The van der Waals surface area contributed by atoms with E-state index in [4.69, 9.17) is 4.74 Å². The van der Waals surface area contributed by atoms with Crippen LogP contribution in [-0.2, 0) is 14.3 Å². The van der Waals surface area contributed by atoms with Gasteiger partial charge in [-0.05, 0) is 17.2 Å². The average Bonchev–Trinajstić information content (AvgIpc) is 2.95. The Hall–Kier alpha value is -2.69. The smallest absolute Gasteiger partial charge is 0.311 e. The van der Waals surface area contributed by atoms with Crippen LogP contribution in [0.15, 0.2) is 41.8 Å². The van der Waals surface area contributed by atoms with Crippen molar-refractivity contribution in [3.8, 4) is 0 Å². The summed E-state index contributed by atoms with van der Waals surface area (Å²) < 4.78 is 7.12. The lowest BCUT2D eigenvalue weighted by atomic mass is 9.71. The monoisotopic (exact) mass is 351 g/mol. The first-order valence-electron chi connectivity index (χ1n) is 8.85. The van der Waals surface area contributed by atoms with Crippen LogP contribution in [0.1, 0.15) is 56.3 Å². The molecule has 2 heterocycles. The lowest BCUT2D eigenvalue weighted by Crippen LogP contribution is -2.35. The number of esters is 1. The van der Waals surface area contributed by atoms with Crippen LogP contribution in [0, 0.1) is 5.41 Å². The third-order valence-electron chi connectivity index (χ3n) is 5.55. The molecule has 1 aromatic carbocycles. The van der Waals surface area contributed by atoms with Crippen molar-refractivity contribution < 1.29 is 19.1 Å². The molecule has 1 atom stereocenters. The summed E-state index contributed by atoms with van der Waals surface area (Å²) in [5.41, 5.74) is 2.10. The third-order valence-corrected chi connectivity index (χ3v) is 5.55. The molecule has 1 aromatic heterocycles. The van der Waals surface area contributed by atoms with E-state index in [-0.39, 0.29) is 30.0 Å². The van der Waals surface area contributed by atoms with Crippen LogP contribution < -0.4 is 0 Å². The first kappa shape index (κ1) is 16.8. The molecule has 0 amide bonds. The minimum Gasteiger partial charge on any atom is -0.431 e. The number of hydrogen-bond donors (Lipinski definition) is 0. The van der Waals surface area contributed by atoms with Gasteiger partial charge in [-0.25, -0.2) is 0 Å². The summed E-state index contributed by atoms with van der Waals surface area (Å²) in [6, 6.07) is 7.66. The summed E-state index contributed by atoms with van der Waals surface area (Å²) >= 11 is 0. The average molecular weight is 351 g/mol. The van der Waals surface area contributed by atoms with Crippen LogP contribution in [0.25, 0.3) is 10.9 Å². The van der Waals surface area contributed by atoms with Gasteiger partial charge in [-0.1, -0.05) is 32.0 Å². The number of allylic oxidation sites excluding steroid dienone is 2. The fourth-order valence-electron chi connectivity index (χ4n) is 4.05. The van der Waals surface area contributed by atoms with E-state index in [2.05, 4.69) is 0 Å². The van der Waals surface area contributed by atoms with E-state index in [0.717, 1.165) is 22.0 Å². The maximum Gasteiger partial charge on any atom is 0.311 e. The molecule has 5 nitrogen and oxygen atoms in total. The molecule has 5 heteroatoms. The number of carbonyl (C=O) groups is 3. The van der Waals surface area contributed by atoms with Gasteiger partial charge in [-0.3, -0.25) is 19.0 Å². The van der Waals surface area contributed by atoms with Crippen LogP contribution >= 0.6 is 0 Å². The number of fused-ring (bicyclic) bond motifs is 1. The fourth-order valence-corrected chi connectivity index (χ4v) is 4.05. The summed E-state index contributed by atoms with van der Waals surface area (Å²) in [5, 5.41) is 0.937. The highest BCUT2D eigenvalue weighted by Gasteiger charge is 2.42. The van der Waals surface area contributed by atoms with Gasteiger partial charge in [0.25, 0.3) is 0 Å². The Morgan fingerprint density at radius 2 is 1.96 bits per heavy atom. The highest BCUT2D eigenvalue weighted by atomic mass is 16.5. The first-order valence-corrected chi connectivity index (χ1v) is 8.85. The molecule has 0 fully saturated rings. The predicted octanol–water partition coefficient (Wildman–Crippen LogP) is 3.98. The van der Waals surface area contributed by atoms with Crippen LogP contribution in [-0.4, -0.2) is 22.2 Å². The normalized spacial score (nSPS) is 22.3. The highest BCUT2D eigenvalue weighted by molar-refractivity contribution is 5.95. The Labute approximate surface area is 151 Å². The summed E-state index contributed by atoms with van der Waals surface area (Å²) in [6.07, 6.45) is 2.73. The van der Waals surface area contributed by atoms with Gasteiger partial charge in [-0.15, -0.1) is 0 Å². The molecule has 134 valence electrons. The SMILES string of the molecule is CC(=O)n1cc([C@@H]2CC(=O)OC3=C2CC(=O)C(C)(C)C3)c2ccccc21. The van der Waals surface area contributed by atoms with Gasteiger partial charge >= 0.3 is 5.97 Å². The number of benzene rings is 1. The zero-order chi connectivity index (χ0) is 18.6. The number of carbonyl (C=O) groups excluding carboxylic acids is 3. The van der Waals surface area contributed by atoms with Gasteiger partial charge < -0.3 is 4.74 Å². The van der Waals surface area contributed by atoms with Crippen molar-refractivity contribution in [2.45, 2.75) is 46.0 Å². The molecular formula is C21H21NO4. The van der Waals surface area contributed by atoms with Gasteiger partial charge in [0.2, 0.25) is 5.91 Å². The molecule has 1 aliphatic carbocycles. The fraction of sp³-hybridized carbons (Fsp3) is 0.381. The Bertz CT molecular complexity index is 993. The van der Waals surface area contributed by atoms with Crippen molar-refractivity contribution in [1.82, 2.24) is 4.57 Å². The van der Waals surface area contributed by atoms with E-state index in [9.17, 15) is 14.4 Å². The number of aromatic nitrogens is 1. The molecule has 0 spiro atoms. The molecular weight excluding hydrogens is 330 g/mol. The molecule has 2 aliphatic rings. The second-order valence-corrected chi connectivity index (χ2v) is 7.83. The molecule has 26 heavy (non-hydrogen) atoms. The zero-order valence-corrected chi connectivity index (χ0v) is 15.2. The quantitative estimate of drug-likeness (QED) is 0.729. The molecule has 4 rings (SSSR count). The van der Waals surface area contributed by atoms with E-state index in [1.807, 2.05) is 44.3 Å². The van der Waals surface area contributed by atoms with Crippen molar-refractivity contribution in [3.63, 3.8) is 0 Å². The van der Waals surface area contributed by atoms with Crippen LogP contribution in [0.3, 0.4) is 0 Å². The number of rotatable bonds is 1. The van der Waals surface area contributed by atoms with Gasteiger partial charge in [0, 0.05) is 42.7 Å². The second kappa shape index (κ2) is 5.66. The van der Waals surface area contributed by atoms with Crippen LogP contribution in [0.4, 0.5) is 0 Å². The number of ketones is 1. The van der Waals surface area contributed by atoms with Gasteiger partial charge in [-0.2, -0.15) is 0 Å². The van der Waals surface area contributed by atoms with Crippen molar-refractivity contribution in [2.24, 2.45) is 5.41 Å². The van der Waals surface area contributed by atoms with Crippen molar-refractivity contribution in [3.05, 3.63) is 47.4 Å². The van der Waals surface area contributed by atoms with E-state index in [1.165, 1.54) is 6.92 Å². The molecule has 0 N–H and O–H groups in total. The topological polar surface area (TPSA) is 65.4 Å². The Morgan fingerprint density at radius 1 is 1.23 bits per heavy atom. The molecule has 0 bridgehead atoms. The van der Waals surface area contributed by atoms with Crippen LogP contribution in [0.2, 0.25) is 0 Å². The molecule has 0 radical (unpaired) electrons. The predicted molar refractivity (Wildman–Crippen MR) is 96.7 cm³/mol. The molecule has 0 unspecified atom stereocenters. The number of para-hydroxylation sites is 1. The van der Waals surface area contributed by atoms with Crippen molar-refractivity contribution in [2.75, 3.05) is 0 Å². The van der Waals surface area contributed by atoms with Gasteiger partial charge in [0.15, 0.2) is 0 Å². The molecule has 2 aromatic rings. The Balaban J connectivity index is 1.90. The summed E-state index contributed by atoms with van der Waals surface area (Å²) in [5.74, 6) is 0.209. The van der Waals surface area contributed by atoms with Crippen molar-refractivity contribution in [1.29, 1.82) is 0 Å². The van der Waals surface area contributed by atoms with Gasteiger partial charge in [0.1, 0.15) is 11.5 Å². The summed E-state index contributed by atoms with van der Waals surface area (Å²) in [7, 11) is 0. The summed E-state index contributed by atoms with van der Waals surface area (Å²) in [4.78, 5) is 36.9. The van der Waals surface area contributed by atoms with E-state index in [1.54, 1.807) is 4.57 Å². The number of Topliss-reactive ketones (excluding diaryl/α,β-unsaturated/α-hetero) is 1. The van der Waals surface area contributed by atoms with E-state index < -0.39 is 5.41 Å². The Morgan fingerprint density at radius 3 is 2.69 bits per heavy atom. The van der Waals surface area contributed by atoms with Crippen LogP contribution in [0.5, 0.6) is 0 Å². The standard InChI is InChI=1S/C21H21NO4/c1-12(23)22-11-16(13-6-4-5-7-17(13)22)14-9-20(25)26-18-10-21(2,3)19(24)8-15(14)18/h4-7,11,14H,8-10H2,1-3H3/t14-/m1/s1.